The number of piperidine rings is 1. The summed E-state index contributed by atoms with van der Waals surface area (Å²) in [6, 6.07) is 3.94. The Hall–Kier alpha value is -0.590. The Morgan fingerprint density at radius 3 is 2.61 bits per heavy atom. The standard InChI is InChI=1S/C15H25N3/c16-9-8-15(6-7-15)12-18(14-4-5-14)11-13-3-1-2-10-17-13/h13-14,17H,1-8,10-12H2. The first-order valence-corrected chi connectivity index (χ1v) is 7.66. The molecule has 18 heavy (non-hydrogen) atoms. The molecule has 3 aliphatic rings. The average Bonchev–Trinajstić information content (AvgIpc) is 3.25. The fourth-order valence-electron chi connectivity index (χ4n) is 3.31. The van der Waals surface area contributed by atoms with Crippen LogP contribution in [0.3, 0.4) is 0 Å². The zero-order valence-corrected chi connectivity index (χ0v) is 11.3. The molecular weight excluding hydrogens is 222 g/mol. The van der Waals surface area contributed by atoms with Crippen LogP contribution >= 0.6 is 0 Å². The predicted molar refractivity (Wildman–Crippen MR) is 72.1 cm³/mol. The van der Waals surface area contributed by atoms with Crippen LogP contribution in [0.1, 0.15) is 51.4 Å². The maximum absolute atomic E-state index is 8.95. The van der Waals surface area contributed by atoms with Crippen LogP contribution in [0.4, 0.5) is 0 Å². The predicted octanol–water partition coefficient (Wildman–Crippen LogP) is 2.29. The molecule has 1 unspecified atom stereocenters. The fourth-order valence-corrected chi connectivity index (χ4v) is 3.31. The van der Waals surface area contributed by atoms with Crippen molar-refractivity contribution in [1.29, 1.82) is 5.26 Å². The van der Waals surface area contributed by atoms with Gasteiger partial charge in [0.05, 0.1) is 6.07 Å². The first-order valence-electron chi connectivity index (χ1n) is 7.66. The van der Waals surface area contributed by atoms with Gasteiger partial charge in [0.2, 0.25) is 0 Å². The smallest absolute Gasteiger partial charge is 0.0628 e. The number of hydrogen-bond donors (Lipinski definition) is 1. The molecule has 3 rings (SSSR count). The van der Waals surface area contributed by atoms with Gasteiger partial charge >= 0.3 is 0 Å². The summed E-state index contributed by atoms with van der Waals surface area (Å²) in [6.07, 6.45) is 10.2. The molecule has 3 fully saturated rings. The van der Waals surface area contributed by atoms with Crippen molar-refractivity contribution >= 4 is 0 Å². The Labute approximate surface area is 111 Å². The topological polar surface area (TPSA) is 39.1 Å². The Morgan fingerprint density at radius 1 is 1.22 bits per heavy atom. The van der Waals surface area contributed by atoms with E-state index in [4.69, 9.17) is 5.26 Å². The lowest BCUT2D eigenvalue weighted by atomic mass is 10.0. The molecule has 3 heteroatoms. The molecule has 100 valence electrons. The van der Waals surface area contributed by atoms with Crippen LogP contribution in [0.5, 0.6) is 0 Å². The van der Waals surface area contributed by atoms with Crippen LogP contribution in [0.25, 0.3) is 0 Å². The second kappa shape index (κ2) is 5.19. The van der Waals surface area contributed by atoms with Crippen LogP contribution in [-0.2, 0) is 0 Å². The molecular formula is C15H25N3. The molecule has 1 atom stereocenters. The maximum atomic E-state index is 8.95. The highest BCUT2D eigenvalue weighted by molar-refractivity contribution is 5.03. The van der Waals surface area contributed by atoms with Gasteiger partial charge in [-0.15, -0.1) is 0 Å². The minimum atomic E-state index is 0.381. The molecule has 1 aliphatic heterocycles. The van der Waals surface area contributed by atoms with Crippen molar-refractivity contribution in [1.82, 2.24) is 10.2 Å². The summed E-state index contributed by atoms with van der Waals surface area (Å²) in [5.74, 6) is 0. The minimum absolute atomic E-state index is 0.381. The highest BCUT2D eigenvalue weighted by Gasteiger charge is 2.46. The van der Waals surface area contributed by atoms with Crippen molar-refractivity contribution in [2.45, 2.75) is 63.5 Å². The van der Waals surface area contributed by atoms with Gasteiger partial charge in [0.1, 0.15) is 0 Å². The third-order valence-corrected chi connectivity index (χ3v) is 4.88. The summed E-state index contributed by atoms with van der Waals surface area (Å²) in [5, 5.41) is 12.6. The molecule has 0 aromatic heterocycles. The molecule has 0 radical (unpaired) electrons. The number of nitriles is 1. The first kappa shape index (κ1) is 12.4. The molecule has 0 amide bonds. The molecule has 1 N–H and O–H groups in total. The molecule has 0 aromatic rings. The Balaban J connectivity index is 1.53. The summed E-state index contributed by atoms with van der Waals surface area (Å²) in [7, 11) is 0. The molecule has 0 aromatic carbocycles. The highest BCUT2D eigenvalue weighted by Crippen LogP contribution is 2.50. The second-order valence-corrected chi connectivity index (χ2v) is 6.64. The number of nitrogens with zero attached hydrogens (tertiary/aromatic N) is 2. The van der Waals surface area contributed by atoms with Crippen molar-refractivity contribution in [3.05, 3.63) is 0 Å². The summed E-state index contributed by atoms with van der Waals surface area (Å²) < 4.78 is 0. The Bertz CT molecular complexity index is 319. The van der Waals surface area contributed by atoms with Gasteiger partial charge in [-0.25, -0.2) is 0 Å². The van der Waals surface area contributed by atoms with E-state index in [9.17, 15) is 0 Å². The molecule has 1 heterocycles. The van der Waals surface area contributed by atoms with E-state index < -0.39 is 0 Å². The van der Waals surface area contributed by atoms with Crippen LogP contribution in [0.2, 0.25) is 0 Å². The molecule has 2 aliphatic carbocycles. The van der Waals surface area contributed by atoms with Gasteiger partial charge in [0.25, 0.3) is 0 Å². The summed E-state index contributed by atoms with van der Waals surface area (Å²) >= 11 is 0. The van der Waals surface area contributed by atoms with Crippen molar-refractivity contribution in [3.63, 3.8) is 0 Å². The average molecular weight is 247 g/mol. The molecule has 0 bridgehead atoms. The van der Waals surface area contributed by atoms with Crippen LogP contribution in [0.15, 0.2) is 0 Å². The molecule has 0 spiro atoms. The van der Waals surface area contributed by atoms with Gasteiger partial charge < -0.3 is 5.32 Å². The third kappa shape index (κ3) is 3.05. The largest absolute Gasteiger partial charge is 0.313 e. The van der Waals surface area contributed by atoms with E-state index in [-0.39, 0.29) is 0 Å². The summed E-state index contributed by atoms with van der Waals surface area (Å²) in [4.78, 5) is 2.70. The van der Waals surface area contributed by atoms with E-state index in [1.54, 1.807) is 0 Å². The van der Waals surface area contributed by atoms with Crippen LogP contribution < -0.4 is 5.32 Å². The van der Waals surface area contributed by atoms with Crippen LogP contribution in [-0.4, -0.2) is 36.6 Å². The van der Waals surface area contributed by atoms with Gasteiger partial charge in [-0.1, -0.05) is 6.42 Å². The van der Waals surface area contributed by atoms with Crippen LogP contribution in [0, 0.1) is 16.7 Å². The number of rotatable bonds is 6. The van der Waals surface area contributed by atoms with E-state index in [0.717, 1.165) is 12.5 Å². The van der Waals surface area contributed by atoms with E-state index >= 15 is 0 Å². The monoisotopic (exact) mass is 247 g/mol. The van der Waals surface area contributed by atoms with Gasteiger partial charge in [-0.05, 0) is 50.5 Å². The second-order valence-electron chi connectivity index (χ2n) is 6.64. The van der Waals surface area contributed by atoms with E-state index in [1.807, 2.05) is 0 Å². The minimum Gasteiger partial charge on any atom is -0.313 e. The van der Waals surface area contributed by atoms with Crippen molar-refractivity contribution in [2.75, 3.05) is 19.6 Å². The highest BCUT2D eigenvalue weighted by atomic mass is 15.2. The fraction of sp³-hybridized carbons (Fsp3) is 0.933. The van der Waals surface area contributed by atoms with E-state index in [0.29, 0.717) is 11.5 Å². The summed E-state index contributed by atoms with van der Waals surface area (Å²) in [6.45, 7) is 3.60. The van der Waals surface area contributed by atoms with Crippen molar-refractivity contribution in [2.24, 2.45) is 5.41 Å². The van der Waals surface area contributed by atoms with E-state index in [1.165, 1.54) is 64.6 Å². The molecule has 1 saturated heterocycles. The maximum Gasteiger partial charge on any atom is 0.0628 e. The molecule has 3 nitrogen and oxygen atoms in total. The number of hydrogen-bond acceptors (Lipinski definition) is 3. The normalized spacial score (nSPS) is 30.1. The number of nitrogens with one attached hydrogen (secondary N) is 1. The summed E-state index contributed by atoms with van der Waals surface area (Å²) in [5.41, 5.74) is 0.381. The van der Waals surface area contributed by atoms with Crippen molar-refractivity contribution in [3.8, 4) is 6.07 Å². The van der Waals surface area contributed by atoms with Gasteiger partial charge in [-0.3, -0.25) is 4.90 Å². The van der Waals surface area contributed by atoms with E-state index in [2.05, 4.69) is 16.3 Å². The lowest BCUT2D eigenvalue weighted by molar-refractivity contribution is 0.179. The SMILES string of the molecule is N#CCC1(CN(CC2CCCCN2)C2CC2)CC1. The zero-order valence-electron chi connectivity index (χ0n) is 11.3. The van der Waals surface area contributed by atoms with Gasteiger partial charge in [0, 0.05) is 31.6 Å². The quantitative estimate of drug-likeness (QED) is 0.782. The zero-order chi connectivity index (χ0) is 12.4. The third-order valence-electron chi connectivity index (χ3n) is 4.88. The van der Waals surface area contributed by atoms with Gasteiger partial charge in [0.15, 0.2) is 0 Å². The Kier molecular flexibility index (Phi) is 3.59. The lowest BCUT2D eigenvalue weighted by Gasteiger charge is -2.32. The lowest BCUT2D eigenvalue weighted by Crippen LogP contribution is -2.46. The Morgan fingerprint density at radius 2 is 2.06 bits per heavy atom. The molecule has 2 saturated carbocycles. The van der Waals surface area contributed by atoms with Crippen molar-refractivity contribution < 1.29 is 0 Å². The van der Waals surface area contributed by atoms with Gasteiger partial charge in [-0.2, -0.15) is 5.26 Å². The first-order chi connectivity index (χ1) is 8.81.